The first kappa shape index (κ1) is 14.9. The Balaban J connectivity index is 2.01. The Morgan fingerprint density at radius 2 is 1.76 bits per heavy atom. The van der Waals surface area contributed by atoms with E-state index in [2.05, 4.69) is 6.92 Å². The largest absolute Gasteiger partial charge is 0.493 e. The second kappa shape index (κ2) is 7.33. The number of unbranched alkanes of at least 4 members (excludes halogenated alkanes) is 1. The van der Waals surface area contributed by atoms with Crippen LogP contribution < -0.4 is 9.47 Å². The number of hydrogen-bond donors (Lipinski definition) is 1. The van der Waals surface area contributed by atoms with E-state index in [1.54, 1.807) is 12.1 Å². The lowest BCUT2D eigenvalue weighted by atomic mass is 10.2. The predicted molar refractivity (Wildman–Crippen MR) is 80.3 cm³/mol. The summed E-state index contributed by atoms with van der Waals surface area (Å²) in [5, 5.41) is 8.85. The van der Waals surface area contributed by atoms with Crippen molar-refractivity contribution in [2.75, 3.05) is 6.61 Å². The molecule has 0 spiro atoms. The van der Waals surface area contributed by atoms with Crippen LogP contribution in [-0.2, 0) is 0 Å². The number of benzene rings is 2. The third-order valence-corrected chi connectivity index (χ3v) is 2.91. The molecule has 0 atom stereocenters. The summed E-state index contributed by atoms with van der Waals surface area (Å²) in [6.07, 6.45) is 2.11. The topological polar surface area (TPSA) is 55.8 Å². The van der Waals surface area contributed by atoms with Crippen LogP contribution in [0.15, 0.2) is 48.5 Å². The third kappa shape index (κ3) is 4.53. The number of carboxylic acids is 1. The van der Waals surface area contributed by atoms with Gasteiger partial charge in [0.1, 0.15) is 17.2 Å². The maximum Gasteiger partial charge on any atom is 0.335 e. The molecule has 0 heterocycles. The summed E-state index contributed by atoms with van der Waals surface area (Å²) < 4.78 is 11.3. The van der Waals surface area contributed by atoms with Crippen LogP contribution in [0.3, 0.4) is 0 Å². The summed E-state index contributed by atoms with van der Waals surface area (Å²) in [7, 11) is 0. The number of carbonyl (C=O) groups is 1. The SMILES string of the molecule is CCCCOc1cccc(Oc2ccc(C(=O)O)cc2)c1. The van der Waals surface area contributed by atoms with Gasteiger partial charge in [-0.3, -0.25) is 0 Å². The molecular weight excluding hydrogens is 268 g/mol. The molecule has 4 heteroatoms. The molecule has 0 aromatic heterocycles. The van der Waals surface area contributed by atoms with Gasteiger partial charge in [-0.1, -0.05) is 19.4 Å². The maximum atomic E-state index is 10.8. The van der Waals surface area contributed by atoms with Gasteiger partial charge >= 0.3 is 5.97 Å². The Labute approximate surface area is 123 Å². The summed E-state index contributed by atoms with van der Waals surface area (Å²) in [5.74, 6) is 1.06. The summed E-state index contributed by atoms with van der Waals surface area (Å²) in [5.41, 5.74) is 0.235. The van der Waals surface area contributed by atoms with Gasteiger partial charge in [-0.2, -0.15) is 0 Å². The summed E-state index contributed by atoms with van der Waals surface area (Å²) in [6.45, 7) is 2.80. The maximum absolute atomic E-state index is 10.8. The Bertz CT molecular complexity index is 590. The molecule has 0 amide bonds. The highest BCUT2D eigenvalue weighted by atomic mass is 16.5. The predicted octanol–water partition coefficient (Wildman–Crippen LogP) is 4.36. The highest BCUT2D eigenvalue weighted by Gasteiger charge is 2.04. The van der Waals surface area contributed by atoms with E-state index in [4.69, 9.17) is 14.6 Å². The highest BCUT2D eigenvalue weighted by Crippen LogP contribution is 2.25. The molecule has 0 saturated heterocycles. The van der Waals surface area contributed by atoms with Gasteiger partial charge in [0, 0.05) is 6.07 Å². The lowest BCUT2D eigenvalue weighted by Gasteiger charge is -2.09. The number of aromatic carboxylic acids is 1. The van der Waals surface area contributed by atoms with E-state index < -0.39 is 5.97 Å². The molecule has 0 aliphatic rings. The lowest BCUT2D eigenvalue weighted by Crippen LogP contribution is -1.97. The van der Waals surface area contributed by atoms with Crippen molar-refractivity contribution >= 4 is 5.97 Å². The van der Waals surface area contributed by atoms with E-state index in [0.717, 1.165) is 18.6 Å². The summed E-state index contributed by atoms with van der Waals surface area (Å²) in [6, 6.07) is 13.7. The minimum absolute atomic E-state index is 0.235. The molecule has 0 bridgehead atoms. The zero-order valence-electron chi connectivity index (χ0n) is 11.9. The molecule has 0 aliphatic carbocycles. The molecular formula is C17H18O4. The van der Waals surface area contributed by atoms with Crippen molar-refractivity contribution in [3.8, 4) is 17.2 Å². The van der Waals surface area contributed by atoms with Crippen LogP contribution in [0.1, 0.15) is 30.1 Å². The van der Waals surface area contributed by atoms with E-state index in [-0.39, 0.29) is 5.56 Å². The molecule has 110 valence electrons. The fraction of sp³-hybridized carbons (Fsp3) is 0.235. The molecule has 0 unspecified atom stereocenters. The fourth-order valence-corrected chi connectivity index (χ4v) is 1.76. The van der Waals surface area contributed by atoms with Crippen molar-refractivity contribution < 1.29 is 19.4 Å². The monoisotopic (exact) mass is 286 g/mol. The van der Waals surface area contributed by atoms with Gasteiger partial charge in [0.25, 0.3) is 0 Å². The molecule has 21 heavy (non-hydrogen) atoms. The van der Waals surface area contributed by atoms with Crippen molar-refractivity contribution in [2.24, 2.45) is 0 Å². The number of rotatable bonds is 7. The van der Waals surface area contributed by atoms with E-state index in [1.807, 2.05) is 24.3 Å². The summed E-state index contributed by atoms with van der Waals surface area (Å²) in [4.78, 5) is 10.8. The minimum atomic E-state index is -0.951. The van der Waals surface area contributed by atoms with Crippen LogP contribution in [0.5, 0.6) is 17.2 Å². The second-order valence-electron chi connectivity index (χ2n) is 4.61. The van der Waals surface area contributed by atoms with Crippen molar-refractivity contribution in [3.63, 3.8) is 0 Å². The number of carboxylic acid groups (broad SMARTS) is 1. The van der Waals surface area contributed by atoms with Crippen molar-refractivity contribution in [1.82, 2.24) is 0 Å². The highest BCUT2D eigenvalue weighted by molar-refractivity contribution is 5.87. The molecule has 0 radical (unpaired) electrons. The summed E-state index contributed by atoms with van der Waals surface area (Å²) >= 11 is 0. The molecule has 2 rings (SSSR count). The Hall–Kier alpha value is -2.49. The van der Waals surface area contributed by atoms with Crippen LogP contribution in [0, 0.1) is 0 Å². The van der Waals surface area contributed by atoms with Gasteiger partial charge in [0.2, 0.25) is 0 Å². The normalized spacial score (nSPS) is 10.1. The van der Waals surface area contributed by atoms with Crippen LogP contribution >= 0.6 is 0 Å². The van der Waals surface area contributed by atoms with E-state index in [1.165, 1.54) is 12.1 Å². The second-order valence-corrected chi connectivity index (χ2v) is 4.61. The van der Waals surface area contributed by atoms with E-state index >= 15 is 0 Å². The van der Waals surface area contributed by atoms with Crippen molar-refractivity contribution in [2.45, 2.75) is 19.8 Å². The van der Waals surface area contributed by atoms with Gasteiger partial charge in [-0.25, -0.2) is 4.79 Å². The lowest BCUT2D eigenvalue weighted by molar-refractivity contribution is 0.0697. The number of hydrogen-bond acceptors (Lipinski definition) is 3. The van der Waals surface area contributed by atoms with Gasteiger partial charge < -0.3 is 14.6 Å². The smallest absolute Gasteiger partial charge is 0.335 e. The zero-order chi connectivity index (χ0) is 15.1. The molecule has 4 nitrogen and oxygen atoms in total. The molecule has 2 aromatic carbocycles. The van der Waals surface area contributed by atoms with Crippen molar-refractivity contribution in [3.05, 3.63) is 54.1 Å². The van der Waals surface area contributed by atoms with Crippen LogP contribution in [0.2, 0.25) is 0 Å². The standard InChI is InChI=1S/C17H18O4/c1-2-3-11-20-15-5-4-6-16(12-15)21-14-9-7-13(8-10-14)17(18)19/h4-10,12H,2-3,11H2,1H3,(H,18,19). The first-order valence-corrected chi connectivity index (χ1v) is 6.93. The average Bonchev–Trinajstić information content (AvgIpc) is 2.48. The fourth-order valence-electron chi connectivity index (χ4n) is 1.76. The van der Waals surface area contributed by atoms with E-state index in [0.29, 0.717) is 18.1 Å². The van der Waals surface area contributed by atoms with Gasteiger partial charge in [0.05, 0.1) is 12.2 Å². The first-order valence-electron chi connectivity index (χ1n) is 6.93. The molecule has 1 N–H and O–H groups in total. The quantitative estimate of drug-likeness (QED) is 0.768. The van der Waals surface area contributed by atoms with Crippen LogP contribution in [0.25, 0.3) is 0 Å². The Morgan fingerprint density at radius 1 is 1.05 bits per heavy atom. The van der Waals surface area contributed by atoms with Gasteiger partial charge in [0.15, 0.2) is 0 Å². The molecule has 0 saturated carbocycles. The van der Waals surface area contributed by atoms with Crippen LogP contribution in [-0.4, -0.2) is 17.7 Å². The Kier molecular flexibility index (Phi) is 5.21. The van der Waals surface area contributed by atoms with Gasteiger partial charge in [-0.05, 0) is 42.8 Å². The minimum Gasteiger partial charge on any atom is -0.493 e. The zero-order valence-corrected chi connectivity index (χ0v) is 11.9. The van der Waals surface area contributed by atoms with Crippen molar-refractivity contribution in [1.29, 1.82) is 0 Å². The molecule has 0 fully saturated rings. The molecule has 2 aromatic rings. The average molecular weight is 286 g/mol. The Morgan fingerprint density at radius 3 is 2.43 bits per heavy atom. The third-order valence-electron chi connectivity index (χ3n) is 2.91. The van der Waals surface area contributed by atoms with Crippen LogP contribution in [0.4, 0.5) is 0 Å². The van der Waals surface area contributed by atoms with E-state index in [9.17, 15) is 4.79 Å². The van der Waals surface area contributed by atoms with Gasteiger partial charge in [-0.15, -0.1) is 0 Å². The molecule has 0 aliphatic heterocycles. The number of ether oxygens (including phenoxy) is 2. The first-order chi connectivity index (χ1) is 10.2.